The van der Waals surface area contributed by atoms with Gasteiger partial charge in [0.15, 0.2) is 0 Å². The molecule has 0 saturated heterocycles. The van der Waals surface area contributed by atoms with Gasteiger partial charge in [0.25, 0.3) is 0 Å². The summed E-state index contributed by atoms with van der Waals surface area (Å²) in [5.74, 6) is 3.91. The van der Waals surface area contributed by atoms with Gasteiger partial charge in [-0.2, -0.15) is 0 Å². The van der Waals surface area contributed by atoms with Crippen LogP contribution >= 0.6 is 0 Å². The molecule has 0 aromatic rings. The van der Waals surface area contributed by atoms with Crippen LogP contribution in [0.4, 0.5) is 0 Å². The molecule has 1 heteroatoms. The molecule has 0 aromatic heterocycles. The molecule has 18 heavy (non-hydrogen) atoms. The monoisotopic (exact) mass is 250 g/mol. The summed E-state index contributed by atoms with van der Waals surface area (Å²) >= 11 is 0. The Balaban J connectivity index is 1.83. The topological polar surface area (TPSA) is 17.1 Å². The maximum Gasteiger partial charge on any atom is 0.139 e. The Bertz CT molecular complexity index is 273. The third-order valence-corrected chi connectivity index (χ3v) is 5.46. The number of rotatable bonds is 3. The maximum atomic E-state index is 12.6. The predicted molar refractivity (Wildman–Crippen MR) is 76.4 cm³/mol. The minimum Gasteiger partial charge on any atom is -0.299 e. The number of hydrogen-bond donors (Lipinski definition) is 0. The van der Waals surface area contributed by atoms with Gasteiger partial charge >= 0.3 is 0 Å². The van der Waals surface area contributed by atoms with Gasteiger partial charge < -0.3 is 0 Å². The van der Waals surface area contributed by atoms with Crippen molar-refractivity contribution in [1.82, 2.24) is 0 Å². The first kappa shape index (κ1) is 14.1. The Morgan fingerprint density at radius 2 is 1.61 bits per heavy atom. The molecule has 2 rings (SSSR count). The number of carbonyl (C=O) groups excluding carboxylic acids is 1. The SMILES string of the molecule is CC1CCCC(C(=O)C2CCC(C(C)C)CC2)C1. The summed E-state index contributed by atoms with van der Waals surface area (Å²) in [5.41, 5.74) is 0. The summed E-state index contributed by atoms with van der Waals surface area (Å²) in [5, 5.41) is 0. The van der Waals surface area contributed by atoms with Gasteiger partial charge in [-0.05, 0) is 56.3 Å². The van der Waals surface area contributed by atoms with Gasteiger partial charge in [0.1, 0.15) is 5.78 Å². The van der Waals surface area contributed by atoms with Crippen LogP contribution in [0.25, 0.3) is 0 Å². The molecule has 0 spiro atoms. The molecular formula is C17H30O. The minimum absolute atomic E-state index is 0.411. The van der Waals surface area contributed by atoms with Crippen LogP contribution in [0.15, 0.2) is 0 Å². The molecule has 0 bridgehead atoms. The molecule has 0 aliphatic heterocycles. The van der Waals surface area contributed by atoms with E-state index in [-0.39, 0.29) is 0 Å². The third-order valence-electron chi connectivity index (χ3n) is 5.46. The van der Waals surface area contributed by atoms with Crippen LogP contribution in [0.3, 0.4) is 0 Å². The molecule has 2 fully saturated rings. The van der Waals surface area contributed by atoms with E-state index in [1.165, 1.54) is 51.4 Å². The molecule has 2 atom stereocenters. The van der Waals surface area contributed by atoms with E-state index < -0.39 is 0 Å². The molecule has 0 aromatic carbocycles. The van der Waals surface area contributed by atoms with Crippen molar-refractivity contribution >= 4 is 5.78 Å². The van der Waals surface area contributed by atoms with Gasteiger partial charge in [0, 0.05) is 11.8 Å². The lowest BCUT2D eigenvalue weighted by Crippen LogP contribution is -2.31. The second-order valence-corrected chi connectivity index (χ2v) is 7.23. The summed E-state index contributed by atoms with van der Waals surface area (Å²) in [4.78, 5) is 12.6. The fourth-order valence-corrected chi connectivity index (χ4v) is 4.10. The van der Waals surface area contributed by atoms with Crippen LogP contribution in [0, 0.1) is 29.6 Å². The van der Waals surface area contributed by atoms with Crippen molar-refractivity contribution in [2.24, 2.45) is 29.6 Å². The zero-order valence-electron chi connectivity index (χ0n) is 12.5. The van der Waals surface area contributed by atoms with Crippen molar-refractivity contribution < 1.29 is 4.79 Å². The van der Waals surface area contributed by atoms with E-state index in [0.29, 0.717) is 17.6 Å². The predicted octanol–water partition coefficient (Wildman–Crippen LogP) is 4.84. The number of carbonyl (C=O) groups is 1. The molecule has 0 amide bonds. The number of Topliss-reactive ketones (excluding diaryl/α,β-unsaturated/α-hetero) is 1. The van der Waals surface area contributed by atoms with Crippen molar-refractivity contribution in [3.63, 3.8) is 0 Å². The van der Waals surface area contributed by atoms with Gasteiger partial charge in [-0.15, -0.1) is 0 Å². The molecule has 2 aliphatic carbocycles. The van der Waals surface area contributed by atoms with E-state index in [1.807, 2.05) is 0 Å². The van der Waals surface area contributed by atoms with E-state index >= 15 is 0 Å². The van der Waals surface area contributed by atoms with Crippen LogP contribution in [0.5, 0.6) is 0 Å². The largest absolute Gasteiger partial charge is 0.299 e. The lowest BCUT2D eigenvalue weighted by Gasteiger charge is -2.34. The Hall–Kier alpha value is -0.330. The average Bonchev–Trinajstić information content (AvgIpc) is 2.38. The van der Waals surface area contributed by atoms with Crippen LogP contribution < -0.4 is 0 Å². The lowest BCUT2D eigenvalue weighted by molar-refractivity contribution is -0.129. The van der Waals surface area contributed by atoms with E-state index in [0.717, 1.165) is 17.8 Å². The fraction of sp³-hybridized carbons (Fsp3) is 0.941. The van der Waals surface area contributed by atoms with Gasteiger partial charge in [-0.1, -0.05) is 33.6 Å². The summed E-state index contributed by atoms with van der Waals surface area (Å²) in [7, 11) is 0. The molecule has 0 N–H and O–H groups in total. The van der Waals surface area contributed by atoms with Crippen molar-refractivity contribution in [1.29, 1.82) is 0 Å². The molecule has 0 heterocycles. The molecule has 2 aliphatic rings. The Morgan fingerprint density at radius 3 is 2.17 bits per heavy atom. The van der Waals surface area contributed by atoms with Gasteiger partial charge in [0.05, 0.1) is 0 Å². The standard InChI is InChI=1S/C17H30O/c1-12(2)14-7-9-15(10-8-14)17(18)16-6-4-5-13(3)11-16/h12-16H,4-11H2,1-3H3. The van der Waals surface area contributed by atoms with Crippen LogP contribution in [0.1, 0.15) is 72.1 Å². The number of hydrogen-bond acceptors (Lipinski definition) is 1. The summed E-state index contributed by atoms with van der Waals surface area (Å²) in [6, 6.07) is 0. The fourth-order valence-electron chi connectivity index (χ4n) is 4.10. The van der Waals surface area contributed by atoms with Gasteiger partial charge in [-0.3, -0.25) is 4.79 Å². The van der Waals surface area contributed by atoms with E-state index in [1.54, 1.807) is 0 Å². The molecular weight excluding hydrogens is 220 g/mol. The molecule has 0 radical (unpaired) electrons. The highest BCUT2D eigenvalue weighted by Gasteiger charge is 2.33. The highest BCUT2D eigenvalue weighted by molar-refractivity contribution is 5.83. The van der Waals surface area contributed by atoms with Crippen molar-refractivity contribution in [2.45, 2.75) is 72.1 Å². The van der Waals surface area contributed by atoms with Gasteiger partial charge in [0.2, 0.25) is 0 Å². The normalized spacial score (nSPS) is 37.8. The van der Waals surface area contributed by atoms with E-state index in [4.69, 9.17) is 0 Å². The molecule has 2 unspecified atom stereocenters. The van der Waals surface area contributed by atoms with E-state index in [9.17, 15) is 4.79 Å². The van der Waals surface area contributed by atoms with Crippen LogP contribution in [0.2, 0.25) is 0 Å². The first-order valence-electron chi connectivity index (χ1n) is 8.11. The zero-order chi connectivity index (χ0) is 13.1. The maximum absolute atomic E-state index is 12.6. The average molecular weight is 250 g/mol. The number of ketones is 1. The molecule has 104 valence electrons. The summed E-state index contributed by atoms with van der Waals surface area (Å²) in [6.07, 6.45) is 9.88. The van der Waals surface area contributed by atoms with Crippen LogP contribution in [-0.2, 0) is 4.79 Å². The van der Waals surface area contributed by atoms with Crippen molar-refractivity contribution in [3.05, 3.63) is 0 Å². The second-order valence-electron chi connectivity index (χ2n) is 7.23. The Labute approximate surface area is 113 Å². The second kappa shape index (κ2) is 6.21. The van der Waals surface area contributed by atoms with Crippen LogP contribution in [-0.4, -0.2) is 5.78 Å². The summed E-state index contributed by atoms with van der Waals surface area (Å²) < 4.78 is 0. The third kappa shape index (κ3) is 3.36. The lowest BCUT2D eigenvalue weighted by atomic mass is 9.70. The molecule has 2 saturated carbocycles. The highest BCUT2D eigenvalue weighted by atomic mass is 16.1. The smallest absolute Gasteiger partial charge is 0.139 e. The minimum atomic E-state index is 0.411. The van der Waals surface area contributed by atoms with E-state index in [2.05, 4.69) is 20.8 Å². The summed E-state index contributed by atoms with van der Waals surface area (Å²) in [6.45, 7) is 6.97. The first-order chi connectivity index (χ1) is 8.58. The highest BCUT2D eigenvalue weighted by Crippen LogP contribution is 2.38. The van der Waals surface area contributed by atoms with Gasteiger partial charge in [-0.25, -0.2) is 0 Å². The zero-order valence-corrected chi connectivity index (χ0v) is 12.5. The Morgan fingerprint density at radius 1 is 0.944 bits per heavy atom. The first-order valence-corrected chi connectivity index (χ1v) is 8.11. The Kier molecular flexibility index (Phi) is 4.86. The van der Waals surface area contributed by atoms with Crippen molar-refractivity contribution in [2.75, 3.05) is 0 Å². The van der Waals surface area contributed by atoms with Crippen molar-refractivity contribution in [3.8, 4) is 0 Å². The quantitative estimate of drug-likeness (QED) is 0.700. The molecule has 1 nitrogen and oxygen atoms in total.